The van der Waals surface area contributed by atoms with Gasteiger partial charge in [-0.15, -0.1) is 0 Å². The maximum atomic E-state index is 8.86. The van der Waals surface area contributed by atoms with Gasteiger partial charge in [0.05, 0.1) is 0 Å². The van der Waals surface area contributed by atoms with E-state index in [-0.39, 0.29) is 7.35 Å². The van der Waals surface area contributed by atoms with Crippen molar-refractivity contribution in [1.82, 2.24) is 0 Å². The summed E-state index contributed by atoms with van der Waals surface area (Å²) < 4.78 is 0.180. The second-order valence-electron chi connectivity index (χ2n) is 18.1. The zero-order valence-electron chi connectivity index (χ0n) is 32.4. The van der Waals surface area contributed by atoms with Crippen molar-refractivity contribution in [2.24, 2.45) is 11.8 Å². The van der Waals surface area contributed by atoms with Gasteiger partial charge in [0.25, 0.3) is 0 Å². The molecule has 6 heteroatoms. The summed E-state index contributed by atoms with van der Waals surface area (Å²) in [5, 5.41) is 3.02. The molecule has 0 bridgehead atoms. The molecule has 0 saturated heterocycles. The predicted molar refractivity (Wildman–Crippen MR) is 231 cm³/mol. The van der Waals surface area contributed by atoms with Gasteiger partial charge in [-0.3, -0.25) is 0 Å². The molecule has 263 valence electrons. The summed E-state index contributed by atoms with van der Waals surface area (Å²) in [5.41, 5.74) is 13.8. The van der Waals surface area contributed by atoms with Crippen LogP contribution in [0.25, 0.3) is 34.4 Å². The van der Waals surface area contributed by atoms with Crippen LogP contribution < -0.4 is 10.4 Å². The molecular formula is C44H57Cl2HfSi3. The summed E-state index contributed by atoms with van der Waals surface area (Å²) in [5.74, 6) is -0.984. The number of fused-ring (bicyclic) bond motifs is 2. The van der Waals surface area contributed by atoms with Crippen molar-refractivity contribution < 1.29 is 15.3 Å². The Bertz CT molecular complexity index is 1880. The van der Waals surface area contributed by atoms with Crippen LogP contribution in [0, 0.1) is 11.8 Å². The Kier molecular flexibility index (Phi) is 10.2. The molecule has 2 unspecified atom stereocenters. The summed E-state index contributed by atoms with van der Waals surface area (Å²) in [6.45, 7) is 29.2. The van der Waals surface area contributed by atoms with Crippen LogP contribution in [0.2, 0.25) is 52.4 Å². The normalized spacial score (nSPS) is 18.6. The molecule has 6 rings (SSSR count). The van der Waals surface area contributed by atoms with Crippen molar-refractivity contribution in [2.75, 3.05) is 0 Å². The number of allylic oxidation sites excluding steroid dienone is 2. The average molecular weight is 920 g/mol. The van der Waals surface area contributed by atoms with Crippen LogP contribution in [0.4, 0.5) is 0 Å². The molecular weight excluding hydrogens is 862 g/mol. The number of rotatable bonds is 9. The molecule has 50 heavy (non-hydrogen) atoms. The van der Waals surface area contributed by atoms with Gasteiger partial charge in [0, 0.05) is 0 Å². The van der Waals surface area contributed by atoms with E-state index in [2.05, 4.69) is 177 Å². The van der Waals surface area contributed by atoms with Crippen LogP contribution in [0.3, 0.4) is 0 Å². The Morgan fingerprint density at radius 2 is 0.860 bits per heavy atom. The SMILES string of the molecule is CC(C)C1=Cc2c(-c3ccccc3[Si](C)(C)C)cccc2[CH]1[Hf]([Cl])([Cl])([CH]1C(C(C)C)=Cc2c(-c3ccccc3[Si](C)(C)C)cccc21)[SiH](C)C. The first kappa shape index (κ1) is 38.2. The molecule has 0 heterocycles. The zero-order chi connectivity index (χ0) is 36.6. The summed E-state index contributed by atoms with van der Waals surface area (Å²) in [4.78, 5) is 0. The molecule has 2 aliphatic carbocycles. The molecule has 0 amide bonds. The number of hydrogen-bond acceptors (Lipinski definition) is 0. The minimum absolute atomic E-state index is 0.0898. The quantitative estimate of drug-likeness (QED) is 0.147. The van der Waals surface area contributed by atoms with E-state index in [4.69, 9.17) is 17.2 Å². The first-order chi connectivity index (χ1) is 23.3. The maximum absolute atomic E-state index is 8.86. The number of halogens is 2. The molecule has 4 aromatic rings. The Balaban J connectivity index is 1.64. The fourth-order valence-electron chi connectivity index (χ4n) is 9.13. The number of hydrogen-bond donors (Lipinski definition) is 0. The van der Waals surface area contributed by atoms with Crippen molar-refractivity contribution in [2.45, 2.75) is 87.4 Å². The van der Waals surface area contributed by atoms with E-state index < -0.39 is 37.4 Å². The van der Waals surface area contributed by atoms with Crippen LogP contribution in [-0.4, -0.2) is 22.1 Å². The van der Waals surface area contributed by atoms with Crippen LogP contribution in [-0.2, 0) is 15.3 Å². The second-order valence-corrected chi connectivity index (χ2v) is 87.4. The molecule has 0 aromatic heterocycles. The molecule has 0 fully saturated rings. The van der Waals surface area contributed by atoms with E-state index in [9.17, 15) is 0 Å². The van der Waals surface area contributed by atoms with Gasteiger partial charge in [0.15, 0.2) is 0 Å². The Hall–Kier alpha value is -1.54. The van der Waals surface area contributed by atoms with Crippen LogP contribution in [0.5, 0.6) is 0 Å². The summed E-state index contributed by atoms with van der Waals surface area (Å²) >= 11 is -5.10. The molecule has 0 saturated carbocycles. The fourth-order valence-corrected chi connectivity index (χ4v) is 57.0. The van der Waals surface area contributed by atoms with Crippen molar-refractivity contribution in [1.29, 1.82) is 0 Å². The van der Waals surface area contributed by atoms with E-state index >= 15 is 0 Å². The van der Waals surface area contributed by atoms with Crippen LogP contribution in [0.1, 0.15) is 57.3 Å². The monoisotopic (exact) mass is 919 g/mol. The fraction of sp³-hybridized carbons (Fsp3) is 0.364. The van der Waals surface area contributed by atoms with Crippen molar-refractivity contribution in [3.8, 4) is 22.3 Å². The van der Waals surface area contributed by atoms with Crippen molar-refractivity contribution >= 4 is 61.8 Å². The number of benzene rings is 4. The summed E-state index contributed by atoms with van der Waals surface area (Å²) in [6, 6.07) is 32.3. The molecule has 4 aromatic carbocycles. The molecule has 0 nitrogen and oxygen atoms in total. The van der Waals surface area contributed by atoms with E-state index in [1.54, 1.807) is 0 Å². The van der Waals surface area contributed by atoms with Crippen LogP contribution >= 0.6 is 17.2 Å². The van der Waals surface area contributed by atoms with Gasteiger partial charge >= 0.3 is 317 Å². The van der Waals surface area contributed by atoms with Gasteiger partial charge in [-0.2, -0.15) is 0 Å². The second kappa shape index (κ2) is 13.4. The minimum atomic E-state index is -5.10. The third-order valence-corrected chi connectivity index (χ3v) is 88.5. The molecule has 0 aliphatic heterocycles. The van der Waals surface area contributed by atoms with E-state index in [0.29, 0.717) is 11.8 Å². The molecule has 0 spiro atoms. The molecule has 0 N–H and O–H groups in total. The van der Waals surface area contributed by atoms with Crippen molar-refractivity contribution in [3.63, 3.8) is 0 Å². The standard InChI is InChI=1S/2C21H25Si.C2H7Si.2ClH.Hf/c2*1-15(2)17-13-16-9-8-11-18(20(16)14-17)19-10-6-7-12-21(19)22(3,4)5;1-3-2;;;/h2*6-15H,1-5H3;3H,1-2H3;2*1H;/q;;;;;+2/p-2. The van der Waals surface area contributed by atoms with Crippen LogP contribution in [0.15, 0.2) is 96.1 Å². The van der Waals surface area contributed by atoms with Gasteiger partial charge in [-0.05, 0) is 0 Å². The Labute approximate surface area is 314 Å². The Morgan fingerprint density at radius 1 is 0.520 bits per heavy atom. The third-order valence-electron chi connectivity index (χ3n) is 11.8. The van der Waals surface area contributed by atoms with E-state index in [1.807, 2.05) is 0 Å². The van der Waals surface area contributed by atoms with Gasteiger partial charge in [-0.1, -0.05) is 0 Å². The first-order valence-electron chi connectivity index (χ1n) is 18.7. The zero-order valence-corrected chi connectivity index (χ0v) is 40.6. The summed E-state index contributed by atoms with van der Waals surface area (Å²) in [7, 11) is 14.5. The average Bonchev–Trinajstić information content (AvgIpc) is 3.65. The van der Waals surface area contributed by atoms with E-state index in [0.717, 1.165) is 0 Å². The molecule has 0 radical (unpaired) electrons. The van der Waals surface area contributed by atoms with Gasteiger partial charge in [0.1, 0.15) is 0 Å². The summed E-state index contributed by atoms with van der Waals surface area (Å²) in [6.07, 6.45) is 5.07. The molecule has 2 atom stereocenters. The van der Waals surface area contributed by atoms with E-state index in [1.165, 1.54) is 66.0 Å². The molecule has 2 aliphatic rings. The van der Waals surface area contributed by atoms with Crippen molar-refractivity contribution in [3.05, 3.63) is 118 Å². The van der Waals surface area contributed by atoms with Gasteiger partial charge in [0.2, 0.25) is 0 Å². The first-order valence-corrected chi connectivity index (χ1v) is 47.9. The van der Waals surface area contributed by atoms with Gasteiger partial charge in [-0.25, -0.2) is 0 Å². The Morgan fingerprint density at radius 3 is 1.18 bits per heavy atom. The van der Waals surface area contributed by atoms with Gasteiger partial charge < -0.3 is 0 Å². The topological polar surface area (TPSA) is 0 Å². The predicted octanol–water partition coefficient (Wildman–Crippen LogP) is 13.0. The third kappa shape index (κ3) is 6.20.